The second-order valence-corrected chi connectivity index (χ2v) is 6.23. The van der Waals surface area contributed by atoms with E-state index in [1.54, 1.807) is 11.3 Å². The monoisotopic (exact) mass is 253 g/mol. The van der Waals surface area contributed by atoms with E-state index in [-0.39, 0.29) is 0 Å². The molecule has 0 amide bonds. The lowest BCUT2D eigenvalue weighted by atomic mass is 9.90. The fourth-order valence-electron chi connectivity index (χ4n) is 2.73. The van der Waals surface area contributed by atoms with E-state index in [4.69, 9.17) is 5.73 Å². The van der Waals surface area contributed by atoms with Crippen molar-refractivity contribution >= 4 is 16.5 Å². The maximum atomic E-state index is 5.69. The van der Waals surface area contributed by atoms with Crippen molar-refractivity contribution in [2.75, 3.05) is 12.3 Å². The topological polar surface area (TPSA) is 42.2 Å². The van der Waals surface area contributed by atoms with Crippen molar-refractivity contribution in [1.82, 2.24) is 9.88 Å². The van der Waals surface area contributed by atoms with Crippen LogP contribution >= 0.6 is 11.3 Å². The van der Waals surface area contributed by atoms with Gasteiger partial charge in [-0.15, -0.1) is 11.3 Å². The third kappa shape index (κ3) is 3.19. The van der Waals surface area contributed by atoms with E-state index in [9.17, 15) is 0 Å². The molecule has 2 atom stereocenters. The van der Waals surface area contributed by atoms with Crippen LogP contribution in [-0.2, 0) is 6.54 Å². The summed E-state index contributed by atoms with van der Waals surface area (Å²) in [5.41, 5.74) is 5.69. The van der Waals surface area contributed by atoms with Gasteiger partial charge in [-0.2, -0.15) is 0 Å². The van der Waals surface area contributed by atoms with Crippen LogP contribution in [0.3, 0.4) is 0 Å². The molecule has 2 N–H and O–H groups in total. The van der Waals surface area contributed by atoms with E-state index in [1.165, 1.54) is 37.1 Å². The molecule has 1 aromatic rings. The summed E-state index contributed by atoms with van der Waals surface area (Å²) in [4.78, 5) is 8.07. The number of nitrogen functional groups attached to an aromatic ring is 1. The van der Waals surface area contributed by atoms with Crippen molar-refractivity contribution in [2.45, 2.75) is 52.1 Å². The van der Waals surface area contributed by atoms with Crippen LogP contribution in [0.2, 0.25) is 0 Å². The summed E-state index contributed by atoms with van der Waals surface area (Å²) in [6.07, 6.45) is 7.27. The zero-order valence-corrected chi connectivity index (χ0v) is 11.7. The fraction of sp³-hybridized carbons (Fsp3) is 0.769. The number of rotatable bonds is 4. The molecule has 1 aromatic heterocycles. The first-order valence-electron chi connectivity index (χ1n) is 6.65. The SMILES string of the molecule is CCC(C)C1CCCCN1Cc1cnc(N)s1. The molecule has 3 nitrogen and oxygen atoms in total. The lowest BCUT2D eigenvalue weighted by Gasteiger charge is -2.38. The molecule has 0 spiro atoms. The maximum absolute atomic E-state index is 5.69. The molecule has 0 saturated carbocycles. The first-order valence-corrected chi connectivity index (χ1v) is 7.46. The molecule has 2 unspecified atom stereocenters. The average Bonchev–Trinajstić information content (AvgIpc) is 2.74. The Balaban J connectivity index is 2.01. The van der Waals surface area contributed by atoms with Gasteiger partial charge < -0.3 is 5.73 Å². The van der Waals surface area contributed by atoms with Crippen molar-refractivity contribution in [1.29, 1.82) is 0 Å². The van der Waals surface area contributed by atoms with Crippen LogP contribution in [0.4, 0.5) is 5.13 Å². The Kier molecular flexibility index (Phi) is 4.40. The molecule has 2 heterocycles. The number of anilines is 1. The third-order valence-corrected chi connectivity index (χ3v) is 4.71. The van der Waals surface area contributed by atoms with Gasteiger partial charge in [0.2, 0.25) is 0 Å². The highest BCUT2D eigenvalue weighted by Crippen LogP contribution is 2.28. The van der Waals surface area contributed by atoms with Crippen molar-refractivity contribution in [2.24, 2.45) is 5.92 Å². The Morgan fingerprint density at radius 3 is 3.06 bits per heavy atom. The predicted octanol–water partition coefficient (Wildman–Crippen LogP) is 3.13. The Morgan fingerprint density at radius 2 is 2.41 bits per heavy atom. The minimum absolute atomic E-state index is 0.692. The second kappa shape index (κ2) is 5.83. The van der Waals surface area contributed by atoms with Crippen molar-refractivity contribution < 1.29 is 0 Å². The summed E-state index contributed by atoms with van der Waals surface area (Å²) in [7, 11) is 0. The van der Waals surface area contributed by atoms with E-state index in [2.05, 4.69) is 23.7 Å². The minimum atomic E-state index is 0.692. The van der Waals surface area contributed by atoms with Crippen molar-refractivity contribution in [3.05, 3.63) is 11.1 Å². The Hall–Kier alpha value is -0.610. The molecular formula is C13H23N3S. The first-order chi connectivity index (χ1) is 8.20. The number of thiazole rings is 1. The van der Waals surface area contributed by atoms with E-state index < -0.39 is 0 Å². The summed E-state index contributed by atoms with van der Waals surface area (Å²) in [5.74, 6) is 0.792. The standard InChI is InChI=1S/C13H23N3S/c1-3-10(2)12-6-4-5-7-16(12)9-11-8-15-13(14)17-11/h8,10,12H,3-7,9H2,1-2H3,(H2,14,15). The smallest absolute Gasteiger partial charge is 0.180 e. The van der Waals surface area contributed by atoms with Crippen LogP contribution in [0.25, 0.3) is 0 Å². The number of piperidine rings is 1. The van der Waals surface area contributed by atoms with Gasteiger partial charge >= 0.3 is 0 Å². The highest BCUT2D eigenvalue weighted by Gasteiger charge is 2.26. The van der Waals surface area contributed by atoms with E-state index >= 15 is 0 Å². The Bertz CT molecular complexity index is 350. The maximum Gasteiger partial charge on any atom is 0.180 e. The lowest BCUT2D eigenvalue weighted by molar-refractivity contribution is 0.0975. The third-order valence-electron chi connectivity index (χ3n) is 3.90. The van der Waals surface area contributed by atoms with Gasteiger partial charge in [0.15, 0.2) is 5.13 Å². The molecule has 2 rings (SSSR count). The summed E-state index contributed by atoms with van der Waals surface area (Å²) in [6, 6.07) is 0.747. The zero-order chi connectivity index (χ0) is 12.3. The van der Waals surface area contributed by atoms with Gasteiger partial charge in [0.05, 0.1) is 0 Å². The minimum Gasteiger partial charge on any atom is -0.375 e. The molecular weight excluding hydrogens is 230 g/mol. The number of hydrogen-bond acceptors (Lipinski definition) is 4. The van der Waals surface area contributed by atoms with Crippen LogP contribution in [0, 0.1) is 5.92 Å². The quantitative estimate of drug-likeness (QED) is 0.896. The van der Waals surface area contributed by atoms with Gasteiger partial charge in [-0.1, -0.05) is 26.7 Å². The second-order valence-electron chi connectivity index (χ2n) is 5.08. The molecule has 17 heavy (non-hydrogen) atoms. The number of hydrogen-bond donors (Lipinski definition) is 1. The van der Waals surface area contributed by atoms with Crippen LogP contribution in [-0.4, -0.2) is 22.5 Å². The van der Waals surface area contributed by atoms with Gasteiger partial charge in [0.25, 0.3) is 0 Å². The molecule has 0 radical (unpaired) electrons. The summed E-state index contributed by atoms with van der Waals surface area (Å²) >= 11 is 1.63. The normalized spacial score (nSPS) is 23.8. The molecule has 0 bridgehead atoms. The van der Waals surface area contributed by atoms with E-state index in [1.807, 2.05) is 6.20 Å². The molecule has 0 aliphatic carbocycles. The van der Waals surface area contributed by atoms with Gasteiger partial charge in [0, 0.05) is 23.7 Å². The van der Waals surface area contributed by atoms with Gasteiger partial charge in [-0.05, 0) is 25.3 Å². The van der Waals surface area contributed by atoms with Gasteiger partial charge in [-0.3, -0.25) is 4.90 Å². The predicted molar refractivity (Wildman–Crippen MR) is 74.0 cm³/mol. The number of aromatic nitrogens is 1. The van der Waals surface area contributed by atoms with Crippen molar-refractivity contribution in [3.63, 3.8) is 0 Å². The number of nitrogens with two attached hydrogens (primary N) is 1. The lowest BCUT2D eigenvalue weighted by Crippen LogP contribution is -2.42. The Labute approximate surface area is 108 Å². The first kappa shape index (κ1) is 12.8. The molecule has 0 aromatic carbocycles. The van der Waals surface area contributed by atoms with Crippen molar-refractivity contribution in [3.8, 4) is 0 Å². The Morgan fingerprint density at radius 1 is 1.59 bits per heavy atom. The average molecular weight is 253 g/mol. The van der Waals surface area contributed by atoms with Crippen LogP contribution in [0.5, 0.6) is 0 Å². The van der Waals surface area contributed by atoms with E-state index in [0.29, 0.717) is 5.13 Å². The summed E-state index contributed by atoms with van der Waals surface area (Å²) in [5, 5.41) is 0.692. The van der Waals surface area contributed by atoms with Crippen LogP contribution in [0.15, 0.2) is 6.20 Å². The molecule has 1 saturated heterocycles. The molecule has 1 aliphatic heterocycles. The van der Waals surface area contributed by atoms with Gasteiger partial charge in [-0.25, -0.2) is 4.98 Å². The number of likely N-dealkylation sites (tertiary alicyclic amines) is 1. The van der Waals surface area contributed by atoms with Crippen LogP contribution < -0.4 is 5.73 Å². The summed E-state index contributed by atoms with van der Waals surface area (Å²) < 4.78 is 0. The molecule has 1 aliphatic rings. The number of nitrogens with zero attached hydrogens (tertiary/aromatic N) is 2. The largest absolute Gasteiger partial charge is 0.375 e. The molecule has 96 valence electrons. The fourth-order valence-corrected chi connectivity index (χ4v) is 3.44. The van der Waals surface area contributed by atoms with Gasteiger partial charge in [0.1, 0.15) is 0 Å². The van der Waals surface area contributed by atoms with E-state index in [0.717, 1.165) is 18.5 Å². The van der Waals surface area contributed by atoms with Crippen LogP contribution in [0.1, 0.15) is 44.4 Å². The molecule has 1 fully saturated rings. The summed E-state index contributed by atoms with van der Waals surface area (Å²) in [6.45, 7) is 6.93. The molecule has 4 heteroatoms. The highest BCUT2D eigenvalue weighted by atomic mass is 32.1. The highest BCUT2D eigenvalue weighted by molar-refractivity contribution is 7.15. The zero-order valence-electron chi connectivity index (χ0n) is 10.9.